The molecule has 2 aromatic rings. The summed E-state index contributed by atoms with van der Waals surface area (Å²) in [5.41, 5.74) is 8.22. The van der Waals surface area contributed by atoms with Crippen molar-refractivity contribution in [1.29, 1.82) is 0 Å². The molecule has 65 heavy (non-hydrogen) atoms. The van der Waals surface area contributed by atoms with Crippen molar-refractivity contribution < 1.29 is 53.1 Å². The van der Waals surface area contributed by atoms with Crippen LogP contribution < -0.4 is 4.90 Å². The fraction of sp³-hybridized carbons (Fsp3) is 0.457. The third-order valence-corrected chi connectivity index (χ3v) is 15.6. The van der Waals surface area contributed by atoms with Gasteiger partial charge >= 0.3 is 0 Å². The van der Waals surface area contributed by atoms with Gasteiger partial charge in [-0.05, 0) is 87.1 Å². The maximum Gasteiger partial charge on any atom is 0.294 e. The summed E-state index contributed by atoms with van der Waals surface area (Å²) >= 11 is 0. The molecular weight excluding hydrogens is 895 g/mol. The van der Waals surface area contributed by atoms with E-state index in [-0.39, 0.29) is 41.8 Å². The number of amides is 2. The number of hydrogen-bond donors (Lipinski definition) is 3. The predicted molar refractivity (Wildman–Crippen MR) is 248 cm³/mol. The van der Waals surface area contributed by atoms with E-state index in [1.54, 1.807) is 6.07 Å². The van der Waals surface area contributed by atoms with Crippen LogP contribution in [0.3, 0.4) is 0 Å². The molecule has 0 atom stereocenters. The maximum absolute atomic E-state index is 12.2. The first-order valence-corrected chi connectivity index (χ1v) is 26.4. The number of nitrogens with zero attached hydrogens (tertiary/aromatic N) is 5. The molecule has 0 unspecified atom stereocenters. The Balaban J connectivity index is 1.27. The van der Waals surface area contributed by atoms with Crippen LogP contribution in [0.2, 0.25) is 0 Å². The summed E-state index contributed by atoms with van der Waals surface area (Å²) in [5, 5.41) is 0. The highest BCUT2D eigenvalue weighted by molar-refractivity contribution is 7.86. The summed E-state index contributed by atoms with van der Waals surface area (Å²) in [5.74, 6) is -1.46. The number of piperazine rings is 1. The van der Waals surface area contributed by atoms with E-state index >= 15 is 0 Å². The van der Waals surface area contributed by atoms with Crippen LogP contribution in [0.1, 0.15) is 70.1 Å². The lowest BCUT2D eigenvalue weighted by Gasteiger charge is -2.38. The van der Waals surface area contributed by atoms with Crippen LogP contribution in [0.4, 0.5) is 11.4 Å². The molecule has 1 fully saturated rings. The highest BCUT2D eigenvalue weighted by Gasteiger charge is 2.45. The smallest absolute Gasteiger partial charge is 0.294 e. The minimum atomic E-state index is -4.52. The Morgan fingerprint density at radius 3 is 2.02 bits per heavy atom. The van der Waals surface area contributed by atoms with Gasteiger partial charge in [0.2, 0.25) is 5.69 Å². The van der Waals surface area contributed by atoms with E-state index in [2.05, 4.69) is 58.6 Å². The molecule has 3 N–H and O–H groups in total. The molecule has 0 aromatic heterocycles. The van der Waals surface area contributed by atoms with E-state index in [4.69, 9.17) is 0 Å². The first-order valence-electron chi connectivity index (χ1n) is 21.7. The molecule has 16 nitrogen and oxygen atoms in total. The molecule has 5 aliphatic rings. The van der Waals surface area contributed by atoms with Crippen molar-refractivity contribution in [2.75, 3.05) is 68.8 Å². The largest absolute Gasteiger partial charge is 0.369 e. The van der Waals surface area contributed by atoms with Crippen LogP contribution in [0.5, 0.6) is 0 Å². The number of aryl methyl sites for hydroxylation is 1. The number of hydrogen-bond acceptors (Lipinski definition) is 11. The highest BCUT2D eigenvalue weighted by atomic mass is 32.2. The fourth-order valence-electron chi connectivity index (χ4n) is 9.79. The van der Waals surface area contributed by atoms with Crippen molar-refractivity contribution in [3.8, 4) is 0 Å². The van der Waals surface area contributed by atoms with Crippen LogP contribution >= 0.6 is 0 Å². The third kappa shape index (κ3) is 10.5. The number of carbonyl (C=O) groups is 2. The third-order valence-electron chi connectivity index (χ3n) is 13.2. The number of carbonyl (C=O) groups excluding carboxylic acids is 2. The SMILES string of the molecule is Cc1ccc2c(c1)C(C)(C)C(/C=C/C1=C(N3CCN(CCN4C(=O)C=CC4=O)CC3)C(=C/C=C3/N(CCCS(=O)(=O)O)c4ccc(S(=O)(=O)O)cc4C3(C)C)/CC1)=[N+]2CCCS(=O)(=O)O. The van der Waals surface area contributed by atoms with E-state index in [1.807, 2.05) is 37.8 Å². The van der Waals surface area contributed by atoms with Crippen LogP contribution in [0.25, 0.3) is 0 Å². The van der Waals surface area contributed by atoms with Gasteiger partial charge in [-0.15, -0.1) is 0 Å². The van der Waals surface area contributed by atoms with Crippen molar-refractivity contribution in [2.45, 2.75) is 76.0 Å². The van der Waals surface area contributed by atoms with Crippen LogP contribution in [0, 0.1) is 6.92 Å². The standard InChI is InChI=1S/C46H57N5O11S3/c1-32-8-14-38-36(30-32)45(2,3)40(49(38)20-6-28-63(54,55)56)16-11-33-9-10-34(44(33)48-25-22-47(23-26-48)24-27-51-42(52)18-19-43(51)53)12-17-41-46(4,5)37-31-35(65(60,61)62)13-15-39(37)50(41)21-7-29-64(57,58)59/h8,11-19,30-31H,6-7,9-10,20-29H2,1-5H3,(H2-,54,55,56,57,58,59,60,61,62)/p+1. The van der Waals surface area contributed by atoms with Gasteiger partial charge in [-0.1, -0.05) is 37.6 Å². The quantitative estimate of drug-likeness (QED) is 0.116. The number of benzene rings is 2. The van der Waals surface area contributed by atoms with E-state index in [0.717, 1.165) is 45.1 Å². The minimum Gasteiger partial charge on any atom is -0.369 e. The average Bonchev–Trinajstić information content (AvgIpc) is 3.88. The number of fused-ring (bicyclic) bond motifs is 2. The molecule has 0 radical (unpaired) electrons. The molecule has 350 valence electrons. The summed E-state index contributed by atoms with van der Waals surface area (Å²) in [7, 11) is -12.9. The molecule has 2 aromatic carbocycles. The second-order valence-corrected chi connectivity index (χ2v) is 22.9. The molecule has 7 rings (SSSR count). The van der Waals surface area contributed by atoms with Gasteiger partial charge in [-0.25, -0.2) is 0 Å². The van der Waals surface area contributed by atoms with E-state index in [9.17, 15) is 48.5 Å². The Morgan fingerprint density at radius 1 is 0.708 bits per heavy atom. The Labute approximate surface area is 382 Å². The number of allylic oxidation sites excluding steroid dienone is 7. The van der Waals surface area contributed by atoms with E-state index in [0.29, 0.717) is 69.9 Å². The van der Waals surface area contributed by atoms with E-state index < -0.39 is 46.9 Å². The molecule has 4 aliphatic heterocycles. The summed E-state index contributed by atoms with van der Waals surface area (Å²) in [4.78, 5) is 32.0. The average molecular weight is 953 g/mol. The van der Waals surface area contributed by atoms with Crippen LogP contribution in [-0.4, -0.2) is 140 Å². The van der Waals surface area contributed by atoms with Crippen molar-refractivity contribution >= 4 is 59.3 Å². The Kier molecular flexibility index (Phi) is 13.4. The number of anilines is 1. The van der Waals surface area contributed by atoms with Crippen molar-refractivity contribution in [1.82, 2.24) is 14.7 Å². The van der Waals surface area contributed by atoms with Gasteiger partial charge in [-0.3, -0.25) is 33.0 Å². The van der Waals surface area contributed by atoms with Gasteiger partial charge in [0, 0.05) is 105 Å². The Hall–Kier alpha value is -4.76. The van der Waals surface area contributed by atoms with Gasteiger partial charge in [0.05, 0.1) is 21.8 Å². The van der Waals surface area contributed by atoms with Gasteiger partial charge in [0.1, 0.15) is 6.54 Å². The molecule has 0 saturated carbocycles. The van der Waals surface area contributed by atoms with Crippen molar-refractivity contribution in [2.24, 2.45) is 0 Å². The second kappa shape index (κ2) is 18.1. The lowest BCUT2D eigenvalue weighted by atomic mass is 9.80. The zero-order valence-electron chi connectivity index (χ0n) is 37.4. The maximum atomic E-state index is 12.2. The number of imide groups is 1. The first kappa shape index (κ1) is 48.2. The van der Waals surface area contributed by atoms with Gasteiger partial charge < -0.3 is 9.80 Å². The summed E-state index contributed by atoms with van der Waals surface area (Å²) in [6, 6.07) is 10.6. The molecule has 0 spiro atoms. The zero-order valence-corrected chi connectivity index (χ0v) is 39.8. The minimum absolute atomic E-state index is 0.0920. The lowest BCUT2D eigenvalue weighted by Crippen LogP contribution is -2.48. The molecule has 4 heterocycles. The fourth-order valence-corrected chi connectivity index (χ4v) is 11.3. The normalized spacial score (nSPS) is 21.4. The van der Waals surface area contributed by atoms with Gasteiger partial charge in [0.15, 0.2) is 5.71 Å². The Morgan fingerprint density at radius 2 is 1.37 bits per heavy atom. The van der Waals surface area contributed by atoms with Gasteiger partial charge in [-0.2, -0.15) is 29.8 Å². The molecule has 0 bridgehead atoms. The first-order chi connectivity index (χ1) is 30.3. The molecule has 2 amide bonds. The summed E-state index contributed by atoms with van der Waals surface area (Å²) in [6.07, 6.45) is 12.6. The molecular formula is C46H58N5O11S3+. The summed E-state index contributed by atoms with van der Waals surface area (Å²) < 4.78 is 103. The van der Waals surface area contributed by atoms with Gasteiger partial charge in [0.25, 0.3) is 42.2 Å². The highest BCUT2D eigenvalue weighted by Crippen LogP contribution is 2.49. The van der Waals surface area contributed by atoms with Crippen LogP contribution in [-0.2, 0) is 50.8 Å². The second-order valence-electron chi connectivity index (χ2n) is 18.3. The predicted octanol–water partition coefficient (Wildman–Crippen LogP) is 4.93. The number of rotatable bonds is 16. The molecule has 1 saturated heterocycles. The Bertz CT molecular complexity index is 2810. The molecule has 1 aliphatic carbocycles. The summed E-state index contributed by atoms with van der Waals surface area (Å²) in [6.45, 7) is 14.3. The lowest BCUT2D eigenvalue weighted by molar-refractivity contribution is -0.437. The van der Waals surface area contributed by atoms with Crippen molar-refractivity contribution in [3.05, 3.63) is 112 Å². The van der Waals surface area contributed by atoms with Crippen LogP contribution in [0.15, 0.2) is 100 Å². The van der Waals surface area contributed by atoms with Crippen molar-refractivity contribution in [3.63, 3.8) is 0 Å². The monoisotopic (exact) mass is 952 g/mol. The van der Waals surface area contributed by atoms with E-state index in [1.165, 1.54) is 29.2 Å². The zero-order chi connectivity index (χ0) is 47.3. The molecule has 19 heteroatoms. The topological polar surface area (TPSA) is 213 Å².